The number of benzene rings is 1. The molecule has 6 nitrogen and oxygen atoms in total. The first kappa shape index (κ1) is 18.9. The number of amides is 3. The lowest BCUT2D eigenvalue weighted by Gasteiger charge is -2.24. The molecule has 26 heavy (non-hydrogen) atoms. The van der Waals surface area contributed by atoms with E-state index in [0.29, 0.717) is 24.1 Å². The highest BCUT2D eigenvalue weighted by Crippen LogP contribution is 2.22. The third-order valence-electron chi connectivity index (χ3n) is 5.56. The van der Waals surface area contributed by atoms with Gasteiger partial charge in [-0.1, -0.05) is 12.1 Å². The Morgan fingerprint density at radius 2 is 1.81 bits per heavy atom. The molecule has 1 aromatic rings. The van der Waals surface area contributed by atoms with E-state index in [1.54, 1.807) is 0 Å². The van der Waals surface area contributed by atoms with Crippen LogP contribution in [-0.4, -0.2) is 47.8 Å². The molecular weight excluding hydrogens is 354 g/mol. The first-order chi connectivity index (χ1) is 12.1. The summed E-state index contributed by atoms with van der Waals surface area (Å²) in [5.74, 6) is -0.612. The van der Waals surface area contributed by atoms with Gasteiger partial charge in [-0.3, -0.25) is 19.7 Å². The highest BCUT2D eigenvalue weighted by molar-refractivity contribution is 6.03. The second-order valence-corrected chi connectivity index (χ2v) is 7.39. The maximum Gasteiger partial charge on any atom is 0.253 e. The van der Waals surface area contributed by atoms with E-state index in [1.165, 1.54) is 6.42 Å². The smallest absolute Gasteiger partial charge is 0.253 e. The summed E-state index contributed by atoms with van der Waals surface area (Å²) in [4.78, 5) is 37.7. The van der Waals surface area contributed by atoms with E-state index < -0.39 is 0 Å². The van der Waals surface area contributed by atoms with Gasteiger partial charge < -0.3 is 10.2 Å². The molecular formula is C19H24ClN3O3. The first-order valence-electron chi connectivity index (χ1n) is 9.06. The molecule has 3 atom stereocenters. The lowest BCUT2D eigenvalue weighted by atomic mass is 9.97. The van der Waals surface area contributed by atoms with Crippen molar-refractivity contribution in [3.8, 4) is 0 Å². The number of nitrogens with zero attached hydrogens (tertiary/aromatic N) is 1. The monoisotopic (exact) mass is 377 g/mol. The van der Waals surface area contributed by atoms with Gasteiger partial charge in [0.25, 0.3) is 5.91 Å². The molecule has 3 aliphatic rings. The largest absolute Gasteiger partial charge is 0.337 e. The van der Waals surface area contributed by atoms with Gasteiger partial charge in [-0.15, -0.1) is 12.4 Å². The third kappa shape index (κ3) is 3.91. The van der Waals surface area contributed by atoms with Crippen molar-refractivity contribution in [1.82, 2.24) is 15.5 Å². The van der Waals surface area contributed by atoms with Crippen LogP contribution in [0.5, 0.6) is 0 Å². The zero-order chi connectivity index (χ0) is 17.4. The van der Waals surface area contributed by atoms with Crippen LogP contribution in [0.4, 0.5) is 0 Å². The number of carbonyl (C=O) groups excluding carboxylic acids is 3. The van der Waals surface area contributed by atoms with Gasteiger partial charge in [0.05, 0.1) is 5.92 Å². The Hall–Kier alpha value is -1.92. The number of imide groups is 1. The van der Waals surface area contributed by atoms with Crippen molar-refractivity contribution in [1.29, 1.82) is 0 Å². The number of rotatable bonds is 3. The second kappa shape index (κ2) is 7.76. The van der Waals surface area contributed by atoms with Crippen LogP contribution in [-0.2, 0) is 16.0 Å². The van der Waals surface area contributed by atoms with Gasteiger partial charge in [-0.05, 0) is 43.4 Å². The number of likely N-dealkylation sites (tertiary alicyclic amines) is 1. The molecule has 3 unspecified atom stereocenters. The van der Waals surface area contributed by atoms with Gasteiger partial charge in [0, 0.05) is 37.2 Å². The van der Waals surface area contributed by atoms with Crippen LogP contribution in [0.2, 0.25) is 0 Å². The minimum atomic E-state index is -0.290. The summed E-state index contributed by atoms with van der Waals surface area (Å²) < 4.78 is 0. The van der Waals surface area contributed by atoms with Crippen molar-refractivity contribution >= 4 is 30.1 Å². The Balaban J connectivity index is 0.00000196. The van der Waals surface area contributed by atoms with Crippen LogP contribution >= 0.6 is 12.4 Å². The molecule has 3 amide bonds. The minimum absolute atomic E-state index is 0. The average Bonchev–Trinajstić information content (AvgIpc) is 3.08. The van der Waals surface area contributed by atoms with Crippen molar-refractivity contribution in [2.24, 2.45) is 5.92 Å². The summed E-state index contributed by atoms with van der Waals surface area (Å²) in [6.45, 7) is 1.58. The maximum absolute atomic E-state index is 12.8. The van der Waals surface area contributed by atoms with E-state index in [4.69, 9.17) is 0 Å². The van der Waals surface area contributed by atoms with E-state index in [-0.39, 0.29) is 42.5 Å². The van der Waals surface area contributed by atoms with E-state index in [0.717, 1.165) is 31.5 Å². The number of carbonyl (C=O) groups is 3. The van der Waals surface area contributed by atoms with E-state index in [2.05, 4.69) is 10.6 Å². The zero-order valence-corrected chi connectivity index (χ0v) is 15.4. The quantitative estimate of drug-likeness (QED) is 0.778. The Bertz CT molecular complexity index is 706. The first-order valence-corrected chi connectivity index (χ1v) is 9.06. The molecule has 3 aliphatic heterocycles. The third-order valence-corrected chi connectivity index (χ3v) is 5.56. The van der Waals surface area contributed by atoms with E-state index in [1.807, 2.05) is 29.2 Å². The summed E-state index contributed by atoms with van der Waals surface area (Å²) in [6.07, 6.45) is 4.17. The van der Waals surface area contributed by atoms with Crippen molar-refractivity contribution in [2.45, 2.75) is 44.2 Å². The molecule has 0 saturated carbocycles. The molecule has 140 valence electrons. The van der Waals surface area contributed by atoms with Crippen LogP contribution in [0.3, 0.4) is 0 Å². The SMILES string of the molecule is Cl.O=C1CC(Cc2ccc(C(=O)N3CCC4CCC(C3)N4)cc2)C(=O)N1. The lowest BCUT2D eigenvalue weighted by molar-refractivity contribution is -0.125. The van der Waals surface area contributed by atoms with Crippen LogP contribution in [0.25, 0.3) is 0 Å². The fraction of sp³-hybridized carbons (Fsp3) is 0.526. The van der Waals surface area contributed by atoms with E-state index >= 15 is 0 Å². The Morgan fingerprint density at radius 3 is 2.50 bits per heavy atom. The molecule has 7 heteroatoms. The molecule has 0 aromatic heterocycles. The van der Waals surface area contributed by atoms with Crippen molar-refractivity contribution in [3.05, 3.63) is 35.4 Å². The highest BCUT2D eigenvalue weighted by Gasteiger charge is 2.32. The number of fused-ring (bicyclic) bond motifs is 2. The zero-order valence-electron chi connectivity index (χ0n) is 14.6. The van der Waals surface area contributed by atoms with Gasteiger partial charge in [-0.2, -0.15) is 0 Å². The highest BCUT2D eigenvalue weighted by atomic mass is 35.5. The molecule has 2 bridgehead atoms. The summed E-state index contributed by atoms with van der Waals surface area (Å²) in [5, 5.41) is 5.92. The minimum Gasteiger partial charge on any atom is -0.337 e. The summed E-state index contributed by atoms with van der Waals surface area (Å²) in [5.41, 5.74) is 1.66. The molecule has 0 aliphatic carbocycles. The number of halogens is 1. The lowest BCUT2D eigenvalue weighted by Crippen LogP contribution is -2.39. The van der Waals surface area contributed by atoms with E-state index in [9.17, 15) is 14.4 Å². The second-order valence-electron chi connectivity index (χ2n) is 7.39. The van der Waals surface area contributed by atoms with Gasteiger partial charge in [-0.25, -0.2) is 0 Å². The maximum atomic E-state index is 12.8. The summed E-state index contributed by atoms with van der Waals surface area (Å²) in [7, 11) is 0. The van der Waals surface area contributed by atoms with Gasteiger partial charge in [0.2, 0.25) is 11.8 Å². The molecule has 3 fully saturated rings. The normalized spacial score (nSPS) is 27.7. The standard InChI is InChI=1S/C19H23N3O3.ClH/c23-17-10-14(18(24)21-17)9-12-1-3-13(4-2-12)19(25)22-8-7-15-5-6-16(11-22)20-15;/h1-4,14-16,20H,5-11H2,(H,21,23,24);1H. The van der Waals surface area contributed by atoms with Gasteiger partial charge in [0.15, 0.2) is 0 Å². The van der Waals surface area contributed by atoms with Crippen molar-refractivity contribution in [3.63, 3.8) is 0 Å². The fourth-order valence-electron chi connectivity index (χ4n) is 4.15. The molecule has 4 rings (SSSR count). The van der Waals surface area contributed by atoms with Crippen molar-refractivity contribution < 1.29 is 14.4 Å². The van der Waals surface area contributed by atoms with Crippen LogP contribution < -0.4 is 10.6 Å². The number of hydrogen-bond acceptors (Lipinski definition) is 4. The number of nitrogens with one attached hydrogen (secondary N) is 2. The molecule has 3 heterocycles. The summed E-state index contributed by atoms with van der Waals surface area (Å²) in [6, 6.07) is 8.45. The Labute approximate surface area is 159 Å². The van der Waals surface area contributed by atoms with Crippen LogP contribution in [0.1, 0.15) is 41.6 Å². The number of hydrogen-bond donors (Lipinski definition) is 2. The molecule has 3 saturated heterocycles. The van der Waals surface area contributed by atoms with Gasteiger partial charge in [0.1, 0.15) is 0 Å². The van der Waals surface area contributed by atoms with Crippen LogP contribution in [0.15, 0.2) is 24.3 Å². The summed E-state index contributed by atoms with van der Waals surface area (Å²) >= 11 is 0. The molecule has 0 radical (unpaired) electrons. The Kier molecular flexibility index (Phi) is 5.63. The van der Waals surface area contributed by atoms with Crippen LogP contribution in [0, 0.1) is 5.92 Å². The predicted molar refractivity (Wildman–Crippen MR) is 99.1 cm³/mol. The molecule has 2 N–H and O–H groups in total. The topological polar surface area (TPSA) is 78.5 Å². The fourth-order valence-corrected chi connectivity index (χ4v) is 4.15. The van der Waals surface area contributed by atoms with Gasteiger partial charge >= 0.3 is 0 Å². The van der Waals surface area contributed by atoms with Crippen molar-refractivity contribution in [2.75, 3.05) is 13.1 Å². The average molecular weight is 378 g/mol. The molecule has 1 aromatic carbocycles. The Morgan fingerprint density at radius 1 is 1.08 bits per heavy atom. The predicted octanol–water partition coefficient (Wildman–Crippen LogP) is 1.28. The molecule has 0 spiro atoms.